The molecule has 0 spiro atoms. The summed E-state index contributed by atoms with van der Waals surface area (Å²) in [5.41, 5.74) is 6.18. The molecule has 0 saturated heterocycles. The molecule has 42 heavy (non-hydrogen) atoms. The molecule has 0 aliphatic heterocycles. The van der Waals surface area contributed by atoms with Gasteiger partial charge in [0.1, 0.15) is 5.75 Å². The third kappa shape index (κ3) is 12.3. The summed E-state index contributed by atoms with van der Waals surface area (Å²) >= 11 is 1.74. The van der Waals surface area contributed by atoms with Crippen LogP contribution in [0.2, 0.25) is 0 Å². The molecule has 5 heteroatoms. The fourth-order valence-electron chi connectivity index (χ4n) is 5.47. The second kappa shape index (κ2) is 18.1. The van der Waals surface area contributed by atoms with Crippen molar-refractivity contribution in [2.75, 3.05) is 11.9 Å². The van der Waals surface area contributed by atoms with Gasteiger partial charge in [-0.25, -0.2) is 0 Å². The predicted molar refractivity (Wildman–Crippen MR) is 179 cm³/mol. The van der Waals surface area contributed by atoms with Crippen molar-refractivity contribution in [2.24, 2.45) is 0 Å². The Labute approximate surface area is 259 Å². The molecular weight excluding hydrogens is 536 g/mol. The lowest BCUT2D eigenvalue weighted by molar-refractivity contribution is -0.683. The molecule has 0 radical (unpaired) electrons. The van der Waals surface area contributed by atoms with Crippen LogP contribution in [0, 0.1) is 6.92 Å². The Morgan fingerprint density at radius 3 is 2.14 bits per heavy atom. The third-order valence-electron chi connectivity index (χ3n) is 7.80. The monoisotopic (exact) mass is 591 g/mol. The summed E-state index contributed by atoms with van der Waals surface area (Å²) in [4.78, 5) is 14.5. The van der Waals surface area contributed by atoms with Crippen molar-refractivity contribution in [1.82, 2.24) is 0 Å². The highest BCUT2D eigenvalue weighted by molar-refractivity contribution is 7.09. The first kappa shape index (κ1) is 33.8. The first-order valence-electron chi connectivity index (χ1n) is 16.3. The van der Waals surface area contributed by atoms with Crippen molar-refractivity contribution in [2.45, 2.75) is 130 Å². The maximum atomic E-state index is 13.2. The molecule has 3 aromatic rings. The van der Waals surface area contributed by atoms with Gasteiger partial charge < -0.3 is 10.1 Å². The number of unbranched alkanes of at least 4 members (excludes halogenated alkanes) is 11. The van der Waals surface area contributed by atoms with E-state index in [1.54, 1.807) is 11.3 Å². The lowest BCUT2D eigenvalue weighted by Gasteiger charge is -2.25. The van der Waals surface area contributed by atoms with E-state index in [1.807, 2.05) is 18.2 Å². The summed E-state index contributed by atoms with van der Waals surface area (Å²) in [6, 6.07) is 14.4. The molecule has 0 aliphatic rings. The number of carbonyl (C=O) groups excluding carboxylic acids is 1. The molecule has 1 heterocycles. The first-order chi connectivity index (χ1) is 20.3. The van der Waals surface area contributed by atoms with Crippen LogP contribution in [0.1, 0.15) is 126 Å². The minimum Gasteiger partial charge on any atom is -0.493 e. The Kier molecular flexibility index (Phi) is 14.6. The summed E-state index contributed by atoms with van der Waals surface area (Å²) in [5, 5.41) is 3.12. The zero-order valence-electron chi connectivity index (χ0n) is 27.0. The number of hydrogen-bond donors (Lipinski definition) is 1. The molecule has 1 amide bonds. The van der Waals surface area contributed by atoms with Crippen LogP contribution in [0.15, 0.2) is 54.2 Å². The molecule has 0 fully saturated rings. The number of benzene rings is 2. The van der Waals surface area contributed by atoms with Crippen LogP contribution in [-0.2, 0) is 23.2 Å². The van der Waals surface area contributed by atoms with Crippen molar-refractivity contribution >= 4 is 22.9 Å². The van der Waals surface area contributed by atoms with E-state index in [1.165, 1.54) is 75.5 Å². The van der Waals surface area contributed by atoms with Crippen LogP contribution in [0.3, 0.4) is 0 Å². The van der Waals surface area contributed by atoms with Gasteiger partial charge in [-0.05, 0) is 36.5 Å². The fourth-order valence-corrected chi connectivity index (χ4v) is 6.10. The Morgan fingerprint density at radius 2 is 1.52 bits per heavy atom. The summed E-state index contributed by atoms with van der Waals surface area (Å²) < 4.78 is 8.62. The van der Waals surface area contributed by atoms with Gasteiger partial charge in [-0.2, -0.15) is 4.57 Å². The smallest absolute Gasteiger partial charge is 0.228 e. The van der Waals surface area contributed by atoms with Crippen LogP contribution in [0.4, 0.5) is 5.69 Å². The normalized spacial score (nSPS) is 11.5. The molecule has 4 nitrogen and oxygen atoms in total. The average Bonchev–Trinajstić information content (AvgIpc) is 3.35. The SMILES string of the molecule is CCCCCCCCCCCCCCOc1c(CC(=O)Nc2cccc(C[n+]3csc(C)c3)c2)cccc1C(C)(C)C. The number of nitrogens with zero attached hydrogens (tertiary/aromatic N) is 1. The number of thiazole rings is 1. The number of para-hydroxylation sites is 1. The molecule has 0 bridgehead atoms. The largest absolute Gasteiger partial charge is 0.493 e. The molecule has 230 valence electrons. The summed E-state index contributed by atoms with van der Waals surface area (Å²) in [5.74, 6) is 0.869. The van der Waals surface area contributed by atoms with E-state index >= 15 is 0 Å². The van der Waals surface area contributed by atoms with Crippen LogP contribution in [-0.4, -0.2) is 12.5 Å². The van der Waals surface area contributed by atoms with Gasteiger partial charge in [-0.3, -0.25) is 4.79 Å². The zero-order valence-corrected chi connectivity index (χ0v) is 27.8. The van der Waals surface area contributed by atoms with Gasteiger partial charge in [0.2, 0.25) is 11.4 Å². The number of ether oxygens (including phenoxy) is 1. The summed E-state index contributed by atoms with van der Waals surface area (Å²) in [7, 11) is 0. The molecule has 0 atom stereocenters. The molecule has 3 rings (SSSR count). The second-order valence-corrected chi connectivity index (χ2v) is 13.9. The van der Waals surface area contributed by atoms with Gasteiger partial charge in [0.25, 0.3) is 0 Å². The van der Waals surface area contributed by atoms with Crippen molar-refractivity contribution in [3.8, 4) is 5.75 Å². The number of hydrogen-bond acceptors (Lipinski definition) is 3. The number of anilines is 1. The van der Waals surface area contributed by atoms with Gasteiger partial charge in [0.05, 0.1) is 17.9 Å². The minimum atomic E-state index is -0.0651. The molecule has 0 unspecified atom stereocenters. The Bertz CT molecular complexity index is 1210. The minimum absolute atomic E-state index is 0.0209. The van der Waals surface area contributed by atoms with Crippen molar-refractivity contribution in [3.05, 3.63) is 75.7 Å². The van der Waals surface area contributed by atoms with E-state index in [2.05, 4.69) is 80.5 Å². The van der Waals surface area contributed by atoms with E-state index in [0.29, 0.717) is 13.0 Å². The highest BCUT2D eigenvalue weighted by atomic mass is 32.1. The fraction of sp³-hybridized carbons (Fsp3) is 0.568. The highest BCUT2D eigenvalue weighted by Gasteiger charge is 2.22. The van der Waals surface area contributed by atoms with Gasteiger partial charge in [0.15, 0.2) is 12.7 Å². The van der Waals surface area contributed by atoms with Crippen LogP contribution >= 0.6 is 11.3 Å². The van der Waals surface area contributed by atoms with E-state index in [9.17, 15) is 4.79 Å². The predicted octanol–water partition coefficient (Wildman–Crippen LogP) is 9.95. The standard InChI is InChI=1S/C37H54N2O2S/c1-6-7-8-9-10-11-12-13-14-15-16-17-24-41-36-32(21-19-23-34(36)37(3,4)5)26-35(40)38-33-22-18-20-31(25-33)28-39-27-30(2)42-29-39/h18-23,25,27,29H,6-17,24,26,28H2,1-5H3/p+1. The molecule has 2 aromatic carbocycles. The van der Waals surface area contributed by atoms with Crippen LogP contribution < -0.4 is 14.6 Å². The lowest BCUT2D eigenvalue weighted by atomic mass is 9.84. The Balaban J connectivity index is 1.48. The number of nitrogens with one attached hydrogen (secondary N) is 1. The van der Waals surface area contributed by atoms with E-state index < -0.39 is 0 Å². The topological polar surface area (TPSA) is 42.2 Å². The molecular formula is C37H55N2O2S+. The maximum Gasteiger partial charge on any atom is 0.228 e. The first-order valence-corrected chi connectivity index (χ1v) is 17.2. The quantitative estimate of drug-likeness (QED) is 0.111. The van der Waals surface area contributed by atoms with Crippen molar-refractivity contribution in [3.63, 3.8) is 0 Å². The second-order valence-electron chi connectivity index (χ2n) is 12.8. The van der Waals surface area contributed by atoms with E-state index in [0.717, 1.165) is 41.1 Å². The Morgan fingerprint density at radius 1 is 0.881 bits per heavy atom. The zero-order chi connectivity index (χ0) is 30.2. The van der Waals surface area contributed by atoms with Crippen molar-refractivity contribution in [1.29, 1.82) is 0 Å². The summed E-state index contributed by atoms with van der Waals surface area (Å²) in [6.07, 6.45) is 18.4. The number of aromatic nitrogens is 1. The number of amides is 1. The van der Waals surface area contributed by atoms with Crippen LogP contribution in [0.25, 0.3) is 0 Å². The molecule has 0 aliphatic carbocycles. The third-order valence-corrected chi connectivity index (χ3v) is 8.65. The van der Waals surface area contributed by atoms with Gasteiger partial charge >= 0.3 is 0 Å². The van der Waals surface area contributed by atoms with Crippen LogP contribution in [0.5, 0.6) is 5.75 Å². The molecule has 1 aromatic heterocycles. The maximum absolute atomic E-state index is 13.2. The Hall–Kier alpha value is -2.66. The molecule has 0 saturated carbocycles. The number of aryl methyl sites for hydroxylation is 1. The average molecular weight is 592 g/mol. The van der Waals surface area contributed by atoms with Crippen molar-refractivity contribution < 1.29 is 14.1 Å². The lowest BCUT2D eigenvalue weighted by Crippen LogP contribution is -2.30. The summed E-state index contributed by atoms with van der Waals surface area (Å²) in [6.45, 7) is 12.5. The number of rotatable bonds is 19. The molecule has 1 N–H and O–H groups in total. The van der Waals surface area contributed by atoms with Gasteiger partial charge in [0, 0.05) is 16.8 Å². The van der Waals surface area contributed by atoms with E-state index in [-0.39, 0.29) is 11.3 Å². The number of carbonyl (C=O) groups is 1. The van der Waals surface area contributed by atoms with E-state index in [4.69, 9.17) is 4.74 Å². The van der Waals surface area contributed by atoms with Gasteiger partial charge in [-0.15, -0.1) is 0 Å². The highest BCUT2D eigenvalue weighted by Crippen LogP contribution is 2.35. The van der Waals surface area contributed by atoms with Gasteiger partial charge in [-0.1, -0.05) is 140 Å².